The van der Waals surface area contributed by atoms with Crippen molar-refractivity contribution < 1.29 is 13.2 Å². The third-order valence-corrected chi connectivity index (χ3v) is 5.64. The van der Waals surface area contributed by atoms with Gasteiger partial charge in [0.1, 0.15) is 12.2 Å². The first-order valence-corrected chi connectivity index (χ1v) is 10.1. The van der Waals surface area contributed by atoms with Gasteiger partial charge in [0, 0.05) is 25.7 Å². The zero-order chi connectivity index (χ0) is 19.3. The lowest BCUT2D eigenvalue weighted by molar-refractivity contribution is 0.0802. The number of carbonyl (C=O) groups is 1. The zero-order valence-corrected chi connectivity index (χ0v) is 16.3. The van der Waals surface area contributed by atoms with Crippen LogP contribution in [-0.4, -0.2) is 47.6 Å². The highest BCUT2D eigenvalue weighted by Gasteiger charge is 2.24. The molecular formula is C17H25N5O3S. The van der Waals surface area contributed by atoms with Crippen molar-refractivity contribution in [2.24, 2.45) is 0 Å². The fourth-order valence-electron chi connectivity index (χ4n) is 2.52. The maximum absolute atomic E-state index is 12.8. The van der Waals surface area contributed by atoms with Crippen molar-refractivity contribution in [1.29, 1.82) is 0 Å². The molecule has 26 heavy (non-hydrogen) atoms. The van der Waals surface area contributed by atoms with Crippen molar-refractivity contribution in [3.05, 3.63) is 42.0 Å². The van der Waals surface area contributed by atoms with Gasteiger partial charge >= 0.3 is 0 Å². The number of nitrogens with one attached hydrogen (secondary N) is 1. The van der Waals surface area contributed by atoms with E-state index in [0.717, 1.165) is 0 Å². The second-order valence-corrected chi connectivity index (χ2v) is 7.58. The standard InChI is InChI=1S/C17H25N5O3S/c1-5-15(16-18-12-19-22(16)7-3)20-26(24,25)14-10-8-9-13(11-14)17(23)21(4)6-2/h8-12,15,20H,5-7H2,1-4H3/t15-/m0/s1. The minimum Gasteiger partial charge on any atom is -0.342 e. The number of sulfonamides is 1. The lowest BCUT2D eigenvalue weighted by Gasteiger charge is -2.18. The van der Waals surface area contributed by atoms with E-state index in [1.807, 2.05) is 20.8 Å². The van der Waals surface area contributed by atoms with Gasteiger partial charge in [-0.15, -0.1) is 0 Å². The monoisotopic (exact) mass is 379 g/mol. The van der Waals surface area contributed by atoms with Gasteiger partial charge in [-0.2, -0.15) is 5.10 Å². The summed E-state index contributed by atoms with van der Waals surface area (Å²) in [6.07, 6.45) is 1.94. The van der Waals surface area contributed by atoms with Crippen molar-refractivity contribution in [1.82, 2.24) is 24.4 Å². The molecule has 1 heterocycles. The maximum atomic E-state index is 12.8. The number of aryl methyl sites for hydroxylation is 1. The van der Waals surface area contributed by atoms with Crippen LogP contribution in [0.5, 0.6) is 0 Å². The Morgan fingerprint density at radius 2 is 2.04 bits per heavy atom. The van der Waals surface area contributed by atoms with Gasteiger partial charge in [-0.3, -0.25) is 4.79 Å². The average molecular weight is 379 g/mol. The Morgan fingerprint density at radius 1 is 1.31 bits per heavy atom. The van der Waals surface area contributed by atoms with Crippen molar-refractivity contribution in [3.8, 4) is 0 Å². The van der Waals surface area contributed by atoms with Gasteiger partial charge in [0.2, 0.25) is 10.0 Å². The molecule has 0 bridgehead atoms. The molecule has 1 N–H and O–H groups in total. The van der Waals surface area contributed by atoms with E-state index in [0.29, 0.717) is 30.9 Å². The fraction of sp³-hybridized carbons (Fsp3) is 0.471. The van der Waals surface area contributed by atoms with E-state index in [-0.39, 0.29) is 10.8 Å². The third kappa shape index (κ3) is 4.28. The maximum Gasteiger partial charge on any atom is 0.253 e. The number of nitrogens with zero attached hydrogens (tertiary/aromatic N) is 4. The number of carbonyl (C=O) groups excluding carboxylic acids is 1. The normalized spacial score (nSPS) is 12.8. The van der Waals surface area contributed by atoms with Crippen LogP contribution < -0.4 is 4.72 Å². The second-order valence-electron chi connectivity index (χ2n) is 5.86. The Hall–Kier alpha value is -2.26. The summed E-state index contributed by atoms with van der Waals surface area (Å²) < 4.78 is 30.0. The first-order valence-electron chi connectivity index (χ1n) is 8.59. The Labute approximate surface area is 154 Å². The average Bonchev–Trinajstić information content (AvgIpc) is 3.13. The topological polar surface area (TPSA) is 97.2 Å². The summed E-state index contributed by atoms with van der Waals surface area (Å²) >= 11 is 0. The minimum absolute atomic E-state index is 0.0499. The first-order chi connectivity index (χ1) is 12.3. The second kappa shape index (κ2) is 8.41. The van der Waals surface area contributed by atoms with Crippen LogP contribution in [0.3, 0.4) is 0 Å². The van der Waals surface area contributed by atoms with Gasteiger partial charge in [-0.25, -0.2) is 22.8 Å². The molecule has 2 rings (SSSR count). The van der Waals surface area contributed by atoms with Crippen LogP contribution >= 0.6 is 0 Å². The van der Waals surface area contributed by atoms with Crippen LogP contribution in [0, 0.1) is 0 Å². The van der Waals surface area contributed by atoms with E-state index in [1.165, 1.54) is 23.4 Å². The smallest absolute Gasteiger partial charge is 0.253 e. The van der Waals surface area contributed by atoms with Gasteiger partial charge < -0.3 is 4.90 Å². The third-order valence-electron chi connectivity index (χ3n) is 4.17. The highest BCUT2D eigenvalue weighted by molar-refractivity contribution is 7.89. The molecule has 0 aliphatic rings. The molecule has 0 saturated carbocycles. The molecule has 0 radical (unpaired) electrons. The van der Waals surface area contributed by atoms with Crippen LogP contribution in [0.1, 0.15) is 49.4 Å². The van der Waals surface area contributed by atoms with E-state index in [9.17, 15) is 13.2 Å². The molecule has 0 spiro atoms. The van der Waals surface area contributed by atoms with E-state index < -0.39 is 16.1 Å². The molecular weight excluding hydrogens is 354 g/mol. The summed E-state index contributed by atoms with van der Waals surface area (Å²) in [5, 5.41) is 4.09. The van der Waals surface area contributed by atoms with Gasteiger partial charge in [0.25, 0.3) is 5.91 Å². The predicted molar refractivity (Wildman–Crippen MR) is 98.1 cm³/mol. The number of benzene rings is 1. The largest absolute Gasteiger partial charge is 0.342 e. The van der Waals surface area contributed by atoms with E-state index in [2.05, 4.69) is 14.8 Å². The molecule has 1 amide bonds. The molecule has 0 unspecified atom stereocenters. The number of hydrogen-bond acceptors (Lipinski definition) is 5. The lowest BCUT2D eigenvalue weighted by Crippen LogP contribution is -2.31. The van der Waals surface area contributed by atoms with Gasteiger partial charge in [-0.1, -0.05) is 13.0 Å². The fourth-order valence-corrected chi connectivity index (χ4v) is 3.84. The van der Waals surface area contributed by atoms with Crippen molar-refractivity contribution in [3.63, 3.8) is 0 Å². The van der Waals surface area contributed by atoms with Crippen molar-refractivity contribution >= 4 is 15.9 Å². The van der Waals surface area contributed by atoms with Crippen LogP contribution in [0.25, 0.3) is 0 Å². The Morgan fingerprint density at radius 3 is 2.65 bits per heavy atom. The molecule has 2 aromatic rings. The minimum atomic E-state index is -3.81. The quantitative estimate of drug-likeness (QED) is 0.754. The van der Waals surface area contributed by atoms with E-state index >= 15 is 0 Å². The van der Waals surface area contributed by atoms with Gasteiger partial charge in [-0.05, 0) is 38.5 Å². The summed E-state index contributed by atoms with van der Waals surface area (Å²) in [6, 6.07) is 5.55. The molecule has 0 saturated heterocycles. The number of hydrogen-bond donors (Lipinski definition) is 1. The van der Waals surface area contributed by atoms with Gasteiger partial charge in [0.05, 0.1) is 10.9 Å². The van der Waals surface area contributed by atoms with E-state index in [4.69, 9.17) is 0 Å². The molecule has 1 aromatic carbocycles. The lowest BCUT2D eigenvalue weighted by atomic mass is 10.2. The van der Waals surface area contributed by atoms with E-state index in [1.54, 1.807) is 23.9 Å². The zero-order valence-electron chi connectivity index (χ0n) is 15.5. The molecule has 1 aromatic heterocycles. The molecule has 0 aliphatic carbocycles. The van der Waals surface area contributed by atoms with Crippen molar-refractivity contribution in [2.45, 2.75) is 44.7 Å². The highest BCUT2D eigenvalue weighted by Crippen LogP contribution is 2.19. The number of rotatable bonds is 8. The number of amides is 1. The highest BCUT2D eigenvalue weighted by atomic mass is 32.2. The predicted octanol–water partition coefficient (Wildman–Crippen LogP) is 1.82. The Balaban J connectivity index is 2.31. The summed E-state index contributed by atoms with van der Waals surface area (Å²) in [6.45, 7) is 6.78. The SMILES string of the molecule is CC[C@H](NS(=O)(=O)c1cccc(C(=O)N(C)CC)c1)c1ncnn1CC. The summed E-state index contributed by atoms with van der Waals surface area (Å²) in [5.74, 6) is 0.346. The first kappa shape index (κ1) is 20.1. The van der Waals surface area contributed by atoms with Crippen LogP contribution in [0.4, 0.5) is 0 Å². The van der Waals surface area contributed by atoms with Crippen molar-refractivity contribution in [2.75, 3.05) is 13.6 Å². The summed E-state index contributed by atoms with van der Waals surface area (Å²) in [4.78, 5) is 18.0. The molecule has 8 nitrogen and oxygen atoms in total. The summed E-state index contributed by atoms with van der Waals surface area (Å²) in [7, 11) is -2.14. The van der Waals surface area contributed by atoms with Crippen LogP contribution in [0.2, 0.25) is 0 Å². The molecule has 0 fully saturated rings. The number of aromatic nitrogens is 3. The molecule has 142 valence electrons. The van der Waals surface area contributed by atoms with Crippen LogP contribution in [0.15, 0.2) is 35.5 Å². The molecule has 9 heteroatoms. The Kier molecular flexibility index (Phi) is 6.49. The van der Waals surface area contributed by atoms with Gasteiger partial charge in [0.15, 0.2) is 0 Å². The Bertz CT molecular complexity index is 863. The van der Waals surface area contributed by atoms with Crippen LogP contribution in [-0.2, 0) is 16.6 Å². The molecule has 1 atom stereocenters. The summed E-state index contributed by atoms with van der Waals surface area (Å²) in [5.41, 5.74) is 0.335. The molecule has 0 aliphatic heterocycles.